The van der Waals surface area contributed by atoms with E-state index in [0.717, 1.165) is 28.6 Å². The number of nitrogens with zero attached hydrogens (tertiary/aromatic N) is 2. The standard InChI is InChI=1S/C14H15N3O2S/c1-4-9-5-8(6-10(19-3)12(9)16-2)7-11-13(15)17-14(18)20-11/h4-7H,1-3H3,(H2,15,17,18)/b9-4-,11-7-,16-12?. The minimum atomic E-state index is -0.289. The normalized spacial score (nSPS) is 25.1. The van der Waals surface area contributed by atoms with Crippen LogP contribution in [-0.4, -0.2) is 30.9 Å². The molecule has 104 valence electrons. The van der Waals surface area contributed by atoms with Gasteiger partial charge in [0.05, 0.1) is 12.0 Å². The first kappa shape index (κ1) is 14.3. The predicted molar refractivity (Wildman–Crippen MR) is 83.0 cm³/mol. The van der Waals surface area contributed by atoms with Crippen LogP contribution in [0.15, 0.2) is 56.1 Å². The van der Waals surface area contributed by atoms with E-state index in [2.05, 4.69) is 9.98 Å². The molecule has 0 aromatic carbocycles. The van der Waals surface area contributed by atoms with Gasteiger partial charge in [-0.25, -0.2) is 0 Å². The van der Waals surface area contributed by atoms with E-state index in [1.165, 1.54) is 0 Å². The first-order chi connectivity index (χ1) is 9.58. The van der Waals surface area contributed by atoms with Gasteiger partial charge >= 0.3 is 5.24 Å². The van der Waals surface area contributed by atoms with Crippen molar-refractivity contribution >= 4 is 28.5 Å². The van der Waals surface area contributed by atoms with Gasteiger partial charge in [-0.15, -0.1) is 0 Å². The molecule has 1 aliphatic carbocycles. The third-order valence-electron chi connectivity index (χ3n) is 2.84. The van der Waals surface area contributed by atoms with Crippen molar-refractivity contribution < 1.29 is 9.53 Å². The summed E-state index contributed by atoms with van der Waals surface area (Å²) in [5, 5.41) is -0.289. The van der Waals surface area contributed by atoms with E-state index in [4.69, 9.17) is 10.5 Å². The molecular formula is C14H15N3O2S. The average Bonchev–Trinajstić information content (AvgIpc) is 2.75. The lowest BCUT2D eigenvalue weighted by atomic mass is 9.97. The fraction of sp³-hybridized carbons (Fsp3) is 0.214. The Balaban J connectivity index is 2.41. The van der Waals surface area contributed by atoms with Crippen LogP contribution in [0.1, 0.15) is 6.92 Å². The molecule has 0 atom stereocenters. The van der Waals surface area contributed by atoms with Gasteiger partial charge in [0.25, 0.3) is 0 Å². The number of amidine groups is 1. The highest BCUT2D eigenvalue weighted by Gasteiger charge is 2.21. The molecule has 0 saturated carbocycles. The van der Waals surface area contributed by atoms with Crippen molar-refractivity contribution in [2.24, 2.45) is 15.7 Å². The molecule has 0 spiro atoms. The summed E-state index contributed by atoms with van der Waals surface area (Å²) in [6, 6.07) is 0. The Labute approximate surface area is 121 Å². The van der Waals surface area contributed by atoms with Gasteiger partial charge in [0.15, 0.2) is 0 Å². The van der Waals surface area contributed by atoms with E-state index in [0.29, 0.717) is 10.7 Å². The number of rotatable bonds is 2. The lowest BCUT2D eigenvalue weighted by Gasteiger charge is -2.16. The molecule has 2 aliphatic rings. The van der Waals surface area contributed by atoms with Gasteiger partial charge in [0.2, 0.25) is 0 Å². The summed E-state index contributed by atoms with van der Waals surface area (Å²) in [7, 11) is 3.32. The molecule has 0 unspecified atom stereocenters. The van der Waals surface area contributed by atoms with Gasteiger partial charge in [0, 0.05) is 7.05 Å². The first-order valence-electron chi connectivity index (χ1n) is 5.98. The number of allylic oxidation sites excluding steroid dienone is 6. The molecule has 2 rings (SSSR count). The largest absolute Gasteiger partial charge is 0.494 e. The van der Waals surface area contributed by atoms with Crippen molar-refractivity contribution in [3.05, 3.63) is 46.1 Å². The minimum Gasteiger partial charge on any atom is -0.494 e. The first-order valence-corrected chi connectivity index (χ1v) is 6.80. The van der Waals surface area contributed by atoms with Crippen LogP contribution in [-0.2, 0) is 4.74 Å². The summed E-state index contributed by atoms with van der Waals surface area (Å²) < 4.78 is 5.35. The van der Waals surface area contributed by atoms with Gasteiger partial charge in [-0.3, -0.25) is 9.79 Å². The molecule has 1 heterocycles. The van der Waals surface area contributed by atoms with Crippen LogP contribution in [0.3, 0.4) is 0 Å². The number of aliphatic imine (C=N–C) groups is 2. The number of nitrogens with two attached hydrogens (primary N) is 1. The monoisotopic (exact) mass is 289 g/mol. The summed E-state index contributed by atoms with van der Waals surface area (Å²) in [5.74, 6) is 0.935. The molecule has 1 amide bonds. The number of methoxy groups -OCH3 is 1. The van der Waals surface area contributed by atoms with E-state index in [9.17, 15) is 4.79 Å². The maximum Gasteiger partial charge on any atom is 0.311 e. The third-order valence-corrected chi connectivity index (χ3v) is 3.65. The van der Waals surface area contributed by atoms with Gasteiger partial charge in [-0.05, 0) is 48.1 Å². The van der Waals surface area contributed by atoms with E-state index < -0.39 is 0 Å². The van der Waals surface area contributed by atoms with Gasteiger partial charge in [0.1, 0.15) is 17.3 Å². The van der Waals surface area contributed by atoms with E-state index >= 15 is 0 Å². The predicted octanol–water partition coefficient (Wildman–Crippen LogP) is 2.58. The highest BCUT2D eigenvalue weighted by Crippen LogP contribution is 2.29. The average molecular weight is 289 g/mol. The second-order valence-electron chi connectivity index (χ2n) is 4.05. The quantitative estimate of drug-likeness (QED) is 0.847. The van der Waals surface area contributed by atoms with Gasteiger partial charge in [-0.1, -0.05) is 6.08 Å². The summed E-state index contributed by atoms with van der Waals surface area (Å²) >= 11 is 1.02. The maximum absolute atomic E-state index is 11.2. The zero-order valence-electron chi connectivity index (χ0n) is 11.5. The van der Waals surface area contributed by atoms with Crippen molar-refractivity contribution in [3.63, 3.8) is 0 Å². The number of carbonyl (C=O) groups is 1. The van der Waals surface area contributed by atoms with Crippen LogP contribution in [0.4, 0.5) is 4.79 Å². The molecule has 0 fully saturated rings. The molecule has 1 aliphatic heterocycles. The van der Waals surface area contributed by atoms with Crippen LogP contribution >= 0.6 is 11.8 Å². The lowest BCUT2D eigenvalue weighted by Crippen LogP contribution is -2.13. The SMILES string of the molecule is C/C=C1C=C(/C=C2\SC(=O)N=C2N)C=C(OC)C/1=NC. The zero-order chi connectivity index (χ0) is 14.7. The van der Waals surface area contributed by atoms with Crippen LogP contribution in [0, 0.1) is 0 Å². The van der Waals surface area contributed by atoms with Crippen molar-refractivity contribution in [1.82, 2.24) is 0 Å². The van der Waals surface area contributed by atoms with Crippen molar-refractivity contribution in [1.29, 1.82) is 0 Å². The van der Waals surface area contributed by atoms with Crippen LogP contribution in [0.25, 0.3) is 0 Å². The topological polar surface area (TPSA) is 77.0 Å². The smallest absolute Gasteiger partial charge is 0.311 e. The highest BCUT2D eigenvalue weighted by molar-refractivity contribution is 8.18. The summed E-state index contributed by atoms with van der Waals surface area (Å²) in [6.07, 6.45) is 7.61. The maximum atomic E-state index is 11.2. The number of hydrogen-bond acceptors (Lipinski definition) is 5. The highest BCUT2D eigenvalue weighted by atomic mass is 32.2. The molecule has 5 nitrogen and oxygen atoms in total. The van der Waals surface area contributed by atoms with Crippen molar-refractivity contribution in [3.8, 4) is 0 Å². The van der Waals surface area contributed by atoms with E-state index in [1.54, 1.807) is 14.2 Å². The lowest BCUT2D eigenvalue weighted by molar-refractivity contribution is 0.268. The molecular weight excluding hydrogens is 274 g/mol. The molecule has 2 N–H and O–H groups in total. The molecule has 0 aromatic rings. The van der Waals surface area contributed by atoms with Crippen molar-refractivity contribution in [2.75, 3.05) is 14.2 Å². The van der Waals surface area contributed by atoms with Gasteiger partial charge in [-0.2, -0.15) is 4.99 Å². The number of carbonyl (C=O) groups excluding carboxylic acids is 1. The molecule has 0 radical (unpaired) electrons. The molecule has 6 heteroatoms. The molecule has 0 saturated heterocycles. The molecule has 20 heavy (non-hydrogen) atoms. The van der Waals surface area contributed by atoms with Crippen molar-refractivity contribution in [2.45, 2.75) is 6.92 Å². The van der Waals surface area contributed by atoms with E-state index in [1.807, 2.05) is 31.2 Å². The number of ether oxygens (including phenoxy) is 1. The molecule has 0 aromatic heterocycles. The number of thioether (sulfide) groups is 1. The van der Waals surface area contributed by atoms with E-state index in [-0.39, 0.29) is 11.1 Å². The zero-order valence-corrected chi connectivity index (χ0v) is 12.3. The summed E-state index contributed by atoms with van der Waals surface area (Å²) in [6.45, 7) is 1.93. The van der Waals surface area contributed by atoms with Crippen LogP contribution < -0.4 is 5.73 Å². The Kier molecular flexibility index (Phi) is 4.24. The molecule has 0 bridgehead atoms. The second-order valence-corrected chi connectivity index (χ2v) is 5.04. The Morgan fingerprint density at radius 3 is 2.70 bits per heavy atom. The Bertz CT molecular complexity index is 637. The Morgan fingerprint density at radius 1 is 1.45 bits per heavy atom. The van der Waals surface area contributed by atoms with Gasteiger partial charge < -0.3 is 10.5 Å². The Hall–Kier alpha value is -2.08. The number of amides is 1. The second kappa shape index (κ2) is 5.92. The number of hydrogen-bond donors (Lipinski definition) is 1. The third kappa shape index (κ3) is 2.75. The van der Waals surface area contributed by atoms with Crippen LogP contribution in [0.2, 0.25) is 0 Å². The summed E-state index contributed by atoms with van der Waals surface area (Å²) in [5.41, 5.74) is 8.35. The fourth-order valence-electron chi connectivity index (χ4n) is 1.93. The minimum absolute atomic E-state index is 0.255. The fourth-order valence-corrected chi connectivity index (χ4v) is 2.60. The summed E-state index contributed by atoms with van der Waals surface area (Å²) in [4.78, 5) is 19.8. The van der Waals surface area contributed by atoms with Crippen LogP contribution in [0.5, 0.6) is 0 Å². The Morgan fingerprint density at radius 2 is 2.20 bits per heavy atom.